The highest BCUT2D eigenvalue weighted by Gasteiger charge is 2.41. The Hall–Kier alpha value is 0.0538. The van der Waals surface area contributed by atoms with E-state index in [0.29, 0.717) is 11.8 Å². The highest BCUT2D eigenvalue weighted by molar-refractivity contribution is 6.74. The van der Waals surface area contributed by atoms with Crippen molar-refractivity contribution in [1.29, 1.82) is 0 Å². The van der Waals surface area contributed by atoms with Gasteiger partial charge >= 0.3 is 0 Å². The zero-order chi connectivity index (χ0) is 24.8. The average Bonchev–Trinajstić information content (AvgIpc) is 2.60. The number of aliphatic hydroxyl groups is 1. The lowest BCUT2D eigenvalue weighted by atomic mass is 9.92. The van der Waals surface area contributed by atoms with Crippen molar-refractivity contribution >= 4 is 16.6 Å². The Labute approximate surface area is 197 Å². The summed E-state index contributed by atoms with van der Waals surface area (Å²) in [6.45, 7) is 32.3. The standard InChI is InChI=1S/C26H56O3Si2/c1-15-23(28-30(11,12)25(5,6)7)21(3)16-17-24(22(4)18-20(2)19-27)29-31(13,14)26(8,9)10/h16-17,20-24,27H,15,18-19H2,1-14H3/b17-16+/t20-,21+,22+,23+,24?/m0/s1. The molecule has 1 unspecified atom stereocenters. The van der Waals surface area contributed by atoms with Crippen molar-refractivity contribution < 1.29 is 14.0 Å². The van der Waals surface area contributed by atoms with Gasteiger partial charge in [0.15, 0.2) is 16.6 Å². The molecule has 186 valence electrons. The summed E-state index contributed by atoms with van der Waals surface area (Å²) < 4.78 is 13.6. The molecule has 0 rings (SSSR count). The van der Waals surface area contributed by atoms with Crippen LogP contribution < -0.4 is 0 Å². The molecule has 0 aromatic carbocycles. The zero-order valence-corrected chi connectivity index (χ0v) is 25.4. The molecule has 5 heteroatoms. The first-order valence-corrected chi connectivity index (χ1v) is 18.3. The molecule has 0 saturated heterocycles. The van der Waals surface area contributed by atoms with Crippen LogP contribution in [0, 0.1) is 17.8 Å². The van der Waals surface area contributed by atoms with E-state index < -0.39 is 16.6 Å². The molecule has 0 aliphatic carbocycles. The second kappa shape index (κ2) is 12.0. The van der Waals surface area contributed by atoms with Crippen LogP contribution in [0.15, 0.2) is 12.2 Å². The van der Waals surface area contributed by atoms with Crippen molar-refractivity contribution in [1.82, 2.24) is 0 Å². The number of hydrogen-bond acceptors (Lipinski definition) is 3. The molecule has 0 bridgehead atoms. The number of aliphatic hydroxyl groups excluding tert-OH is 1. The molecule has 0 radical (unpaired) electrons. The summed E-state index contributed by atoms with van der Waals surface area (Å²) in [4.78, 5) is 0. The van der Waals surface area contributed by atoms with Crippen LogP contribution >= 0.6 is 0 Å². The summed E-state index contributed by atoms with van der Waals surface area (Å²) in [6, 6.07) is 0. The van der Waals surface area contributed by atoms with Gasteiger partial charge in [-0.15, -0.1) is 0 Å². The number of rotatable bonds is 12. The molecule has 0 saturated carbocycles. The Kier molecular flexibility index (Phi) is 12.0. The molecule has 5 atom stereocenters. The first kappa shape index (κ1) is 31.1. The smallest absolute Gasteiger partial charge is 0.192 e. The predicted molar refractivity (Wildman–Crippen MR) is 143 cm³/mol. The summed E-state index contributed by atoms with van der Waals surface area (Å²) in [5, 5.41) is 9.95. The fourth-order valence-corrected chi connectivity index (χ4v) is 6.07. The maximum Gasteiger partial charge on any atom is 0.192 e. The van der Waals surface area contributed by atoms with Gasteiger partial charge in [-0.25, -0.2) is 0 Å². The van der Waals surface area contributed by atoms with E-state index in [4.69, 9.17) is 8.85 Å². The molecular formula is C26H56O3Si2. The summed E-state index contributed by atoms with van der Waals surface area (Å²) in [5.74, 6) is 0.991. The Morgan fingerprint density at radius 2 is 1.26 bits per heavy atom. The van der Waals surface area contributed by atoms with Crippen molar-refractivity contribution in [2.75, 3.05) is 6.61 Å². The molecule has 3 nitrogen and oxygen atoms in total. The van der Waals surface area contributed by atoms with Crippen LogP contribution in [-0.2, 0) is 8.85 Å². The van der Waals surface area contributed by atoms with Crippen LogP contribution in [0.5, 0.6) is 0 Å². The van der Waals surface area contributed by atoms with Crippen molar-refractivity contribution in [2.45, 2.75) is 131 Å². The van der Waals surface area contributed by atoms with Crippen LogP contribution in [0.25, 0.3) is 0 Å². The van der Waals surface area contributed by atoms with E-state index in [1.165, 1.54) is 0 Å². The summed E-state index contributed by atoms with van der Waals surface area (Å²) in [5.41, 5.74) is 0. The Morgan fingerprint density at radius 3 is 1.65 bits per heavy atom. The van der Waals surface area contributed by atoms with Gasteiger partial charge in [-0.1, -0.05) is 81.4 Å². The van der Waals surface area contributed by atoms with Gasteiger partial charge in [0.05, 0.1) is 12.2 Å². The topological polar surface area (TPSA) is 38.7 Å². The van der Waals surface area contributed by atoms with E-state index in [-0.39, 0.29) is 34.8 Å². The molecule has 0 amide bonds. The van der Waals surface area contributed by atoms with Crippen molar-refractivity contribution in [3.63, 3.8) is 0 Å². The average molecular weight is 473 g/mol. The zero-order valence-electron chi connectivity index (χ0n) is 23.4. The van der Waals surface area contributed by atoms with Gasteiger partial charge in [-0.05, 0) is 66.9 Å². The highest BCUT2D eigenvalue weighted by Crippen LogP contribution is 2.40. The predicted octanol–water partition coefficient (Wildman–Crippen LogP) is 8.02. The van der Waals surface area contributed by atoms with Crippen molar-refractivity contribution in [2.24, 2.45) is 17.8 Å². The van der Waals surface area contributed by atoms with Gasteiger partial charge < -0.3 is 14.0 Å². The third-order valence-electron chi connectivity index (χ3n) is 7.73. The largest absolute Gasteiger partial charge is 0.413 e. The quantitative estimate of drug-likeness (QED) is 0.231. The third-order valence-corrected chi connectivity index (χ3v) is 16.7. The molecule has 0 aromatic heterocycles. The van der Waals surface area contributed by atoms with Crippen molar-refractivity contribution in [3.8, 4) is 0 Å². The first-order valence-electron chi connectivity index (χ1n) is 12.4. The fraction of sp³-hybridized carbons (Fsp3) is 0.923. The Balaban J connectivity index is 5.64. The Bertz CT molecular complexity index is 544. The van der Waals surface area contributed by atoms with Crippen LogP contribution in [0.4, 0.5) is 0 Å². The van der Waals surface area contributed by atoms with E-state index in [2.05, 4.69) is 108 Å². The second-order valence-electron chi connectivity index (χ2n) is 12.9. The minimum atomic E-state index is -1.90. The monoisotopic (exact) mass is 472 g/mol. The maximum absolute atomic E-state index is 9.56. The van der Waals surface area contributed by atoms with E-state index >= 15 is 0 Å². The molecule has 0 aromatic rings. The van der Waals surface area contributed by atoms with Crippen LogP contribution in [0.3, 0.4) is 0 Å². The molecule has 0 heterocycles. The molecule has 0 aliphatic heterocycles. The molecule has 31 heavy (non-hydrogen) atoms. The van der Waals surface area contributed by atoms with E-state index in [1.54, 1.807) is 0 Å². The SMILES string of the molecule is CC[C@@H](O[Si](C)(C)C(C)(C)C)[C@H](C)/C=C/C(O[Si](C)(C)C(C)(C)C)[C@H](C)C[C@H](C)CO. The van der Waals surface area contributed by atoms with Crippen LogP contribution in [0.2, 0.25) is 36.3 Å². The van der Waals surface area contributed by atoms with Gasteiger partial charge in [0, 0.05) is 6.61 Å². The third kappa shape index (κ3) is 9.83. The normalized spacial score (nSPS) is 19.3. The summed E-state index contributed by atoms with van der Waals surface area (Å²) in [6.07, 6.45) is 6.92. The van der Waals surface area contributed by atoms with Crippen molar-refractivity contribution in [3.05, 3.63) is 12.2 Å². The summed E-state index contributed by atoms with van der Waals surface area (Å²) in [7, 11) is -3.71. The maximum atomic E-state index is 9.56. The minimum absolute atomic E-state index is 0.0720. The van der Waals surface area contributed by atoms with Gasteiger partial charge in [-0.3, -0.25) is 0 Å². The molecule has 1 N–H and O–H groups in total. The first-order chi connectivity index (χ1) is 13.8. The van der Waals surface area contributed by atoms with E-state index in [9.17, 15) is 5.11 Å². The fourth-order valence-electron chi connectivity index (χ4n) is 3.23. The van der Waals surface area contributed by atoms with Gasteiger partial charge in [0.25, 0.3) is 0 Å². The van der Waals surface area contributed by atoms with Crippen LogP contribution in [0.1, 0.15) is 82.1 Å². The van der Waals surface area contributed by atoms with Gasteiger partial charge in [0.1, 0.15) is 0 Å². The van der Waals surface area contributed by atoms with E-state index in [1.807, 2.05) is 0 Å². The highest BCUT2D eigenvalue weighted by atomic mass is 28.4. The molecular weight excluding hydrogens is 416 g/mol. The van der Waals surface area contributed by atoms with Gasteiger partial charge in [-0.2, -0.15) is 0 Å². The summed E-state index contributed by atoms with van der Waals surface area (Å²) >= 11 is 0. The lowest BCUT2D eigenvalue weighted by Gasteiger charge is -2.41. The van der Waals surface area contributed by atoms with E-state index in [0.717, 1.165) is 12.8 Å². The van der Waals surface area contributed by atoms with Crippen LogP contribution in [-0.4, -0.2) is 40.6 Å². The Morgan fingerprint density at radius 1 is 0.806 bits per heavy atom. The molecule has 0 fully saturated rings. The lowest BCUT2D eigenvalue weighted by molar-refractivity contribution is 0.130. The second-order valence-corrected chi connectivity index (χ2v) is 22.4. The number of hydrogen-bond donors (Lipinski definition) is 1. The molecule has 0 spiro atoms. The molecule has 0 aliphatic rings. The minimum Gasteiger partial charge on any atom is -0.413 e. The van der Waals surface area contributed by atoms with Gasteiger partial charge in [0.2, 0.25) is 0 Å². The lowest BCUT2D eigenvalue weighted by Crippen LogP contribution is -2.45.